The second-order valence-electron chi connectivity index (χ2n) is 11.3. The molecule has 236 valence electrons. The van der Waals surface area contributed by atoms with E-state index in [1.807, 2.05) is 13.8 Å². The van der Waals surface area contributed by atoms with Crippen molar-refractivity contribution in [2.75, 3.05) is 10.8 Å². The molecular formula is C32H35Cl2FN2O6S. The number of aliphatic carboxylic acids is 1. The molecular weight excluding hydrogens is 630 g/mol. The Morgan fingerprint density at radius 2 is 1.64 bits per heavy atom. The third-order valence-corrected chi connectivity index (χ3v) is 10.3. The molecule has 1 N–H and O–H groups in total. The highest BCUT2D eigenvalue weighted by Gasteiger charge is 2.49. The number of morpholine rings is 1. The summed E-state index contributed by atoms with van der Waals surface area (Å²) >= 11 is 12.6. The molecule has 0 bridgehead atoms. The number of rotatable bonds is 11. The number of hydrogen-bond acceptors (Lipinski definition) is 5. The molecule has 1 aliphatic heterocycles. The normalized spacial score (nSPS) is 19.8. The zero-order valence-electron chi connectivity index (χ0n) is 24.7. The zero-order chi connectivity index (χ0) is 32.3. The number of carbonyl (C=O) groups excluding carboxylic acids is 1. The van der Waals surface area contributed by atoms with Gasteiger partial charge < -0.3 is 14.7 Å². The number of carboxylic acids is 1. The van der Waals surface area contributed by atoms with Crippen LogP contribution >= 0.6 is 23.2 Å². The van der Waals surface area contributed by atoms with Crippen LogP contribution in [0, 0.1) is 11.7 Å². The third kappa shape index (κ3) is 7.20. The lowest BCUT2D eigenvalue weighted by atomic mass is 9.88. The third-order valence-electron chi connectivity index (χ3n) is 7.68. The Bertz CT molecular complexity index is 1600. The van der Waals surface area contributed by atoms with E-state index in [0.29, 0.717) is 21.2 Å². The van der Waals surface area contributed by atoms with Crippen molar-refractivity contribution in [3.05, 3.63) is 99.8 Å². The smallest absolute Gasteiger partial charge is 0.306 e. The summed E-state index contributed by atoms with van der Waals surface area (Å²) in [4.78, 5) is 27.7. The van der Waals surface area contributed by atoms with Crippen LogP contribution in [0.15, 0.2) is 72.8 Å². The summed E-state index contributed by atoms with van der Waals surface area (Å²) in [6, 6.07) is 17.5. The van der Waals surface area contributed by atoms with Crippen LogP contribution in [-0.2, 0) is 24.3 Å². The Labute approximate surface area is 267 Å². The van der Waals surface area contributed by atoms with Crippen molar-refractivity contribution in [2.24, 2.45) is 5.92 Å². The Hall–Kier alpha value is -3.18. The molecule has 3 aromatic rings. The summed E-state index contributed by atoms with van der Waals surface area (Å²) in [5, 5.41) is 9.68. The van der Waals surface area contributed by atoms with Crippen molar-refractivity contribution in [1.82, 2.24) is 4.90 Å². The minimum atomic E-state index is -4.10. The van der Waals surface area contributed by atoms with Gasteiger partial charge in [-0.05, 0) is 67.3 Å². The highest BCUT2D eigenvalue weighted by molar-refractivity contribution is 7.93. The van der Waals surface area contributed by atoms with Gasteiger partial charge in [0.15, 0.2) is 0 Å². The average molecular weight is 666 g/mol. The van der Waals surface area contributed by atoms with Crippen LogP contribution in [0.1, 0.15) is 57.4 Å². The minimum absolute atomic E-state index is 0.149. The lowest BCUT2D eigenvalue weighted by molar-refractivity contribution is -0.184. The van der Waals surface area contributed by atoms with Gasteiger partial charge >= 0.3 is 5.97 Å². The quantitative estimate of drug-likeness (QED) is 0.239. The van der Waals surface area contributed by atoms with E-state index in [2.05, 4.69) is 0 Å². The molecule has 1 aliphatic rings. The minimum Gasteiger partial charge on any atom is -0.481 e. The number of carboxylic acid groups (broad SMARTS) is 1. The van der Waals surface area contributed by atoms with Crippen LogP contribution in [0.4, 0.5) is 10.1 Å². The molecule has 4 rings (SSSR count). The number of hydrogen-bond donors (Lipinski definition) is 1. The Morgan fingerprint density at radius 1 is 0.977 bits per heavy atom. The van der Waals surface area contributed by atoms with Gasteiger partial charge in [0.1, 0.15) is 18.0 Å². The van der Waals surface area contributed by atoms with E-state index in [9.17, 15) is 23.1 Å². The number of amides is 1. The summed E-state index contributed by atoms with van der Waals surface area (Å²) in [5.74, 6) is -2.97. The highest BCUT2D eigenvalue weighted by atomic mass is 35.5. The van der Waals surface area contributed by atoms with Gasteiger partial charge in [0, 0.05) is 10.0 Å². The molecule has 8 nitrogen and oxygen atoms in total. The van der Waals surface area contributed by atoms with Crippen molar-refractivity contribution in [3.63, 3.8) is 0 Å². The molecule has 0 saturated carbocycles. The largest absolute Gasteiger partial charge is 0.481 e. The Balaban J connectivity index is 1.95. The zero-order valence-corrected chi connectivity index (χ0v) is 27.1. The van der Waals surface area contributed by atoms with E-state index < -0.39 is 63.7 Å². The SMILES string of the molecule is CC(C)C(CN(c1ccccc1F)S(=O)(=O)C(C)C)N1C(=O)[C@H](CC(=O)O)O[C@H](c2cccc(Cl)c2)[C@H]1c1ccc(Cl)cc1. The summed E-state index contributed by atoms with van der Waals surface area (Å²) in [5.41, 5.74) is 1.06. The Morgan fingerprint density at radius 3 is 2.20 bits per heavy atom. The standard InChI is InChI=1S/C32H35Cl2FN2O6S/c1-19(2)27(18-36(44(41,42)20(3)4)26-11-6-5-10-25(26)35)37-30(21-12-14-23(33)15-13-21)31(22-8-7-9-24(34)16-22)43-28(32(37)40)17-29(38)39/h5-16,19-20,27-28,30-31H,17-18H2,1-4H3,(H,38,39)/t27?,28-,30+,31+/m0/s1. The first kappa shape index (κ1) is 33.7. The maximum atomic E-state index is 15.2. The maximum absolute atomic E-state index is 15.2. The summed E-state index contributed by atoms with van der Waals surface area (Å²) < 4.78 is 50.0. The number of carbonyl (C=O) groups is 2. The lowest BCUT2D eigenvalue weighted by Crippen LogP contribution is -2.59. The van der Waals surface area contributed by atoms with Crippen molar-refractivity contribution in [2.45, 2.75) is 63.7 Å². The molecule has 0 spiro atoms. The molecule has 1 fully saturated rings. The van der Waals surface area contributed by atoms with Gasteiger partial charge in [-0.25, -0.2) is 12.8 Å². The first-order valence-electron chi connectivity index (χ1n) is 14.2. The molecule has 1 unspecified atom stereocenters. The van der Waals surface area contributed by atoms with E-state index in [0.717, 1.165) is 4.31 Å². The molecule has 3 aromatic carbocycles. The van der Waals surface area contributed by atoms with Gasteiger partial charge in [0.25, 0.3) is 5.91 Å². The number of sulfonamides is 1. The average Bonchev–Trinajstić information content (AvgIpc) is 2.95. The van der Waals surface area contributed by atoms with E-state index in [1.54, 1.807) is 54.6 Å². The first-order chi connectivity index (χ1) is 20.7. The van der Waals surface area contributed by atoms with Crippen LogP contribution in [-0.4, -0.2) is 54.2 Å². The van der Waals surface area contributed by atoms with Crippen LogP contribution in [0.25, 0.3) is 0 Å². The fourth-order valence-electron chi connectivity index (χ4n) is 5.40. The number of benzene rings is 3. The monoisotopic (exact) mass is 664 g/mol. The van der Waals surface area contributed by atoms with Gasteiger partial charge in [-0.1, -0.05) is 73.4 Å². The van der Waals surface area contributed by atoms with E-state index in [4.69, 9.17) is 27.9 Å². The van der Waals surface area contributed by atoms with Crippen LogP contribution < -0.4 is 4.31 Å². The fourth-order valence-corrected chi connectivity index (χ4v) is 7.02. The molecule has 0 aliphatic carbocycles. The summed E-state index contributed by atoms with van der Waals surface area (Å²) in [6.45, 7) is 6.37. The molecule has 1 heterocycles. The summed E-state index contributed by atoms with van der Waals surface area (Å²) in [6.07, 6.45) is -2.89. The van der Waals surface area contributed by atoms with Crippen LogP contribution in [0.2, 0.25) is 10.0 Å². The maximum Gasteiger partial charge on any atom is 0.306 e. The highest BCUT2D eigenvalue weighted by Crippen LogP contribution is 2.45. The fraction of sp³-hybridized carbons (Fsp3) is 0.375. The lowest BCUT2D eigenvalue weighted by Gasteiger charge is -2.50. The van der Waals surface area contributed by atoms with Crippen LogP contribution in [0.3, 0.4) is 0 Å². The predicted octanol–water partition coefficient (Wildman–Crippen LogP) is 6.89. The van der Waals surface area contributed by atoms with Crippen molar-refractivity contribution in [3.8, 4) is 0 Å². The van der Waals surface area contributed by atoms with Gasteiger partial charge in [-0.2, -0.15) is 0 Å². The van der Waals surface area contributed by atoms with E-state index >= 15 is 4.39 Å². The van der Waals surface area contributed by atoms with E-state index in [1.165, 1.54) is 36.9 Å². The Kier molecular flexibility index (Phi) is 10.6. The van der Waals surface area contributed by atoms with Gasteiger partial charge in [0.05, 0.1) is 36.0 Å². The number of nitrogens with zero attached hydrogens (tertiary/aromatic N) is 2. The molecule has 0 radical (unpaired) electrons. The van der Waals surface area contributed by atoms with Gasteiger partial charge in [-0.15, -0.1) is 0 Å². The molecule has 4 atom stereocenters. The molecule has 0 aromatic heterocycles. The molecule has 1 amide bonds. The second-order valence-corrected chi connectivity index (χ2v) is 14.6. The summed E-state index contributed by atoms with van der Waals surface area (Å²) in [7, 11) is -4.10. The molecule has 12 heteroatoms. The second kappa shape index (κ2) is 13.9. The predicted molar refractivity (Wildman–Crippen MR) is 169 cm³/mol. The topological polar surface area (TPSA) is 104 Å². The first-order valence-corrected chi connectivity index (χ1v) is 16.4. The number of ether oxygens (including phenoxy) is 1. The number of halogens is 3. The van der Waals surface area contributed by atoms with E-state index in [-0.39, 0.29) is 18.2 Å². The number of para-hydroxylation sites is 1. The number of anilines is 1. The van der Waals surface area contributed by atoms with Crippen molar-refractivity contribution >= 4 is 50.8 Å². The molecule has 44 heavy (non-hydrogen) atoms. The van der Waals surface area contributed by atoms with Crippen LogP contribution in [0.5, 0.6) is 0 Å². The molecule has 1 saturated heterocycles. The van der Waals surface area contributed by atoms with Gasteiger partial charge in [0.2, 0.25) is 10.0 Å². The van der Waals surface area contributed by atoms with Gasteiger partial charge in [-0.3, -0.25) is 13.9 Å². The van der Waals surface area contributed by atoms with Crippen molar-refractivity contribution < 1.29 is 32.2 Å². The van der Waals surface area contributed by atoms with Crippen molar-refractivity contribution in [1.29, 1.82) is 0 Å².